The lowest BCUT2D eigenvalue weighted by Gasteiger charge is -2.23. The fourth-order valence-electron chi connectivity index (χ4n) is 1.88. The summed E-state index contributed by atoms with van der Waals surface area (Å²) in [6.07, 6.45) is 1.62. The molecule has 1 aromatic carbocycles. The van der Waals surface area contributed by atoms with Crippen molar-refractivity contribution in [1.29, 1.82) is 0 Å². The average Bonchev–Trinajstić information content (AvgIpc) is 3.09. The highest BCUT2D eigenvalue weighted by Crippen LogP contribution is 2.32. The van der Waals surface area contributed by atoms with Crippen LogP contribution in [0, 0.1) is 0 Å². The van der Waals surface area contributed by atoms with E-state index in [1.807, 2.05) is 25.1 Å². The molecule has 0 saturated heterocycles. The lowest BCUT2D eigenvalue weighted by atomic mass is 9.94. The van der Waals surface area contributed by atoms with Gasteiger partial charge >= 0.3 is 0 Å². The molecule has 1 fully saturated rings. The van der Waals surface area contributed by atoms with E-state index in [1.165, 1.54) is 5.56 Å². The van der Waals surface area contributed by atoms with E-state index in [9.17, 15) is 4.79 Å². The van der Waals surface area contributed by atoms with Gasteiger partial charge in [0, 0.05) is 12.0 Å². The van der Waals surface area contributed by atoms with Crippen LogP contribution in [0.5, 0.6) is 0 Å². The zero-order valence-corrected chi connectivity index (χ0v) is 11.7. The zero-order valence-electron chi connectivity index (χ0n) is 10.8. The van der Waals surface area contributed by atoms with Crippen molar-refractivity contribution in [1.82, 2.24) is 5.32 Å². The highest BCUT2D eigenvalue weighted by Gasteiger charge is 2.46. The molecule has 4 heteroatoms. The lowest BCUT2D eigenvalue weighted by Crippen LogP contribution is -2.47. The molecule has 2 atom stereocenters. The molecule has 2 unspecified atom stereocenters. The van der Waals surface area contributed by atoms with Crippen LogP contribution < -0.4 is 11.1 Å². The molecule has 1 saturated carbocycles. The molecule has 0 aromatic heterocycles. The van der Waals surface area contributed by atoms with Crippen molar-refractivity contribution in [2.45, 2.75) is 44.2 Å². The molecule has 0 bridgehead atoms. The first-order valence-electron chi connectivity index (χ1n) is 6.18. The summed E-state index contributed by atoms with van der Waals surface area (Å²) < 4.78 is 0. The first-order valence-corrected chi connectivity index (χ1v) is 6.18. The van der Waals surface area contributed by atoms with Crippen LogP contribution in [0.3, 0.4) is 0 Å². The van der Waals surface area contributed by atoms with Crippen LogP contribution in [0.15, 0.2) is 30.3 Å². The van der Waals surface area contributed by atoms with Crippen molar-refractivity contribution < 1.29 is 4.79 Å². The zero-order chi connectivity index (χ0) is 12.5. The Labute approximate surface area is 115 Å². The van der Waals surface area contributed by atoms with Crippen LogP contribution in [0.25, 0.3) is 0 Å². The summed E-state index contributed by atoms with van der Waals surface area (Å²) in [5, 5.41) is 3.02. The Kier molecular flexibility index (Phi) is 4.77. The van der Waals surface area contributed by atoms with E-state index in [-0.39, 0.29) is 24.4 Å². The minimum atomic E-state index is -0.579. The van der Waals surface area contributed by atoms with E-state index in [2.05, 4.69) is 24.4 Å². The number of carbonyl (C=O) groups is 1. The summed E-state index contributed by atoms with van der Waals surface area (Å²) in [7, 11) is 0. The Bertz CT molecular complexity index is 404. The molecule has 2 rings (SSSR count). The Hall–Kier alpha value is -1.06. The third-order valence-corrected chi connectivity index (χ3v) is 3.68. The number of hydrogen-bond acceptors (Lipinski definition) is 2. The normalized spacial score (nSPS) is 19.3. The van der Waals surface area contributed by atoms with Crippen molar-refractivity contribution in [2.75, 3.05) is 0 Å². The Morgan fingerprint density at radius 3 is 2.33 bits per heavy atom. The van der Waals surface area contributed by atoms with Crippen LogP contribution in [-0.4, -0.2) is 17.5 Å². The van der Waals surface area contributed by atoms with Gasteiger partial charge in [-0.2, -0.15) is 0 Å². The summed E-state index contributed by atoms with van der Waals surface area (Å²) in [5.41, 5.74) is 6.52. The van der Waals surface area contributed by atoms with Gasteiger partial charge in [0.05, 0.1) is 5.54 Å². The van der Waals surface area contributed by atoms with Gasteiger partial charge in [-0.05, 0) is 25.3 Å². The summed E-state index contributed by atoms with van der Waals surface area (Å²) >= 11 is 0. The van der Waals surface area contributed by atoms with Crippen molar-refractivity contribution >= 4 is 18.3 Å². The van der Waals surface area contributed by atoms with Gasteiger partial charge in [0.25, 0.3) is 0 Å². The minimum absolute atomic E-state index is 0. The molecule has 1 aliphatic rings. The maximum absolute atomic E-state index is 11.8. The largest absolute Gasteiger partial charge is 0.351 e. The fraction of sp³-hybridized carbons (Fsp3) is 0.500. The van der Waals surface area contributed by atoms with Gasteiger partial charge in [-0.25, -0.2) is 0 Å². The number of nitrogens with one attached hydrogen (secondary N) is 1. The van der Waals surface area contributed by atoms with Crippen LogP contribution in [0.1, 0.15) is 38.2 Å². The standard InChI is InChI=1S/C14H20N2O.ClH/c1-10(12-6-4-3-5-7-12)11(2)16-13(17)14(15)8-9-14;/h3-7,10-11H,8-9,15H2,1-2H3,(H,16,17);1H. The van der Waals surface area contributed by atoms with Crippen LogP contribution in [-0.2, 0) is 4.79 Å². The smallest absolute Gasteiger partial charge is 0.240 e. The molecule has 1 aliphatic carbocycles. The van der Waals surface area contributed by atoms with Crippen molar-refractivity contribution in [3.8, 4) is 0 Å². The van der Waals surface area contributed by atoms with E-state index in [0.717, 1.165) is 12.8 Å². The SMILES string of the molecule is CC(NC(=O)C1(N)CC1)C(C)c1ccccc1.Cl. The Balaban J connectivity index is 0.00000162. The number of rotatable bonds is 4. The molecular formula is C14H21ClN2O. The third kappa shape index (κ3) is 3.24. The molecule has 3 N–H and O–H groups in total. The highest BCUT2D eigenvalue weighted by atomic mass is 35.5. The van der Waals surface area contributed by atoms with Gasteiger partial charge in [-0.3, -0.25) is 4.79 Å². The first-order chi connectivity index (χ1) is 8.03. The average molecular weight is 269 g/mol. The molecule has 0 aliphatic heterocycles. The van der Waals surface area contributed by atoms with E-state index in [1.54, 1.807) is 0 Å². The maximum atomic E-state index is 11.8. The topological polar surface area (TPSA) is 55.1 Å². The Morgan fingerprint density at radius 2 is 1.83 bits per heavy atom. The number of hydrogen-bond donors (Lipinski definition) is 2. The summed E-state index contributed by atoms with van der Waals surface area (Å²) in [4.78, 5) is 11.8. The molecule has 0 spiro atoms. The second-order valence-corrected chi connectivity index (χ2v) is 5.12. The van der Waals surface area contributed by atoms with Crippen molar-refractivity contribution in [3.05, 3.63) is 35.9 Å². The number of halogens is 1. The molecule has 18 heavy (non-hydrogen) atoms. The number of nitrogens with two attached hydrogens (primary N) is 1. The fourth-order valence-corrected chi connectivity index (χ4v) is 1.88. The van der Waals surface area contributed by atoms with Crippen molar-refractivity contribution in [2.24, 2.45) is 5.73 Å². The summed E-state index contributed by atoms with van der Waals surface area (Å²) in [6.45, 7) is 4.15. The minimum Gasteiger partial charge on any atom is -0.351 e. The Morgan fingerprint density at radius 1 is 1.28 bits per heavy atom. The van der Waals surface area contributed by atoms with E-state index >= 15 is 0 Å². The molecule has 0 heterocycles. The molecule has 0 radical (unpaired) electrons. The molecule has 3 nitrogen and oxygen atoms in total. The maximum Gasteiger partial charge on any atom is 0.240 e. The number of benzene rings is 1. The van der Waals surface area contributed by atoms with Gasteiger partial charge in [0.1, 0.15) is 0 Å². The second kappa shape index (κ2) is 5.72. The third-order valence-electron chi connectivity index (χ3n) is 3.68. The first kappa shape index (κ1) is 15.0. The molecule has 100 valence electrons. The lowest BCUT2D eigenvalue weighted by molar-refractivity contribution is -0.124. The van der Waals surface area contributed by atoms with E-state index < -0.39 is 5.54 Å². The van der Waals surface area contributed by atoms with Crippen molar-refractivity contribution in [3.63, 3.8) is 0 Å². The predicted molar refractivity (Wildman–Crippen MR) is 75.9 cm³/mol. The highest BCUT2D eigenvalue weighted by molar-refractivity contribution is 5.89. The van der Waals surface area contributed by atoms with Gasteiger partial charge < -0.3 is 11.1 Å². The van der Waals surface area contributed by atoms with E-state index in [4.69, 9.17) is 5.73 Å². The molecular weight excluding hydrogens is 248 g/mol. The van der Waals surface area contributed by atoms with Crippen LogP contribution >= 0.6 is 12.4 Å². The van der Waals surface area contributed by atoms with Crippen LogP contribution in [0.2, 0.25) is 0 Å². The second-order valence-electron chi connectivity index (χ2n) is 5.12. The predicted octanol–water partition coefficient (Wildman–Crippen LogP) is 2.21. The van der Waals surface area contributed by atoms with Gasteiger partial charge in [-0.15, -0.1) is 12.4 Å². The molecule has 1 aromatic rings. The van der Waals surface area contributed by atoms with Gasteiger partial charge in [0.15, 0.2) is 0 Å². The molecule has 1 amide bonds. The number of amides is 1. The summed E-state index contributed by atoms with van der Waals surface area (Å²) in [5.74, 6) is 0.287. The van der Waals surface area contributed by atoms with Gasteiger partial charge in [0.2, 0.25) is 5.91 Å². The quantitative estimate of drug-likeness (QED) is 0.880. The van der Waals surface area contributed by atoms with E-state index in [0.29, 0.717) is 5.92 Å². The number of carbonyl (C=O) groups excluding carboxylic acids is 1. The summed E-state index contributed by atoms with van der Waals surface area (Å²) in [6, 6.07) is 10.3. The monoisotopic (exact) mass is 268 g/mol. The van der Waals surface area contributed by atoms with Crippen LogP contribution in [0.4, 0.5) is 0 Å². The van der Waals surface area contributed by atoms with Gasteiger partial charge in [-0.1, -0.05) is 37.3 Å².